The molecule has 1 aromatic heterocycles. The molecule has 1 aliphatic heterocycles. The summed E-state index contributed by atoms with van der Waals surface area (Å²) in [5.41, 5.74) is 2.82. The quantitative estimate of drug-likeness (QED) is 0.863. The van der Waals surface area contributed by atoms with Crippen LogP contribution in [-0.4, -0.2) is 22.5 Å². The van der Waals surface area contributed by atoms with E-state index in [1.165, 1.54) is 0 Å². The molecule has 22 heavy (non-hydrogen) atoms. The molecule has 0 saturated carbocycles. The van der Waals surface area contributed by atoms with E-state index in [0.717, 1.165) is 29.7 Å². The Balaban J connectivity index is 1.70. The molecule has 0 unspecified atom stereocenters. The summed E-state index contributed by atoms with van der Waals surface area (Å²) in [6.07, 6.45) is 7.18. The normalized spacial score (nSPS) is 14.4. The monoisotopic (exact) mass is 294 g/mol. The summed E-state index contributed by atoms with van der Waals surface area (Å²) < 4.78 is 5.45. The van der Waals surface area contributed by atoms with E-state index in [1.54, 1.807) is 17.3 Å². The van der Waals surface area contributed by atoms with Crippen molar-refractivity contribution in [1.82, 2.24) is 9.88 Å². The number of aromatic nitrogens is 1. The van der Waals surface area contributed by atoms with Gasteiger partial charge >= 0.3 is 6.09 Å². The fourth-order valence-corrected chi connectivity index (χ4v) is 2.49. The van der Waals surface area contributed by atoms with Crippen molar-refractivity contribution >= 4 is 11.8 Å². The number of benzene rings is 1. The second-order valence-electron chi connectivity index (χ2n) is 5.17. The minimum absolute atomic E-state index is 0.288. The zero-order chi connectivity index (χ0) is 15.2. The second-order valence-corrected chi connectivity index (χ2v) is 5.17. The lowest BCUT2D eigenvalue weighted by molar-refractivity contribution is 0.112. The molecular weight excluding hydrogens is 276 g/mol. The van der Waals surface area contributed by atoms with Gasteiger partial charge in [0.15, 0.2) is 0 Å². The van der Waals surface area contributed by atoms with Crippen LogP contribution in [-0.2, 0) is 11.3 Å². The van der Waals surface area contributed by atoms with E-state index in [4.69, 9.17) is 4.74 Å². The molecule has 0 spiro atoms. The topological polar surface area (TPSA) is 42.4 Å². The van der Waals surface area contributed by atoms with Gasteiger partial charge in [-0.1, -0.05) is 36.4 Å². The molecule has 3 rings (SSSR count). The Hall–Kier alpha value is -2.62. The van der Waals surface area contributed by atoms with Gasteiger partial charge < -0.3 is 4.74 Å². The lowest BCUT2D eigenvalue weighted by Crippen LogP contribution is -2.33. The smallest absolute Gasteiger partial charge is 0.414 e. The van der Waals surface area contributed by atoms with Gasteiger partial charge in [-0.15, -0.1) is 0 Å². The van der Waals surface area contributed by atoms with E-state index in [2.05, 4.69) is 11.1 Å². The molecule has 4 heteroatoms. The third-order valence-electron chi connectivity index (χ3n) is 3.60. The van der Waals surface area contributed by atoms with Crippen molar-refractivity contribution in [2.24, 2.45) is 0 Å². The van der Waals surface area contributed by atoms with Gasteiger partial charge in [0, 0.05) is 24.5 Å². The van der Waals surface area contributed by atoms with Crippen LogP contribution in [0, 0.1) is 0 Å². The Morgan fingerprint density at radius 3 is 2.82 bits per heavy atom. The first-order chi connectivity index (χ1) is 10.8. The molecule has 2 heterocycles. The zero-order valence-electron chi connectivity index (χ0n) is 12.3. The summed E-state index contributed by atoms with van der Waals surface area (Å²) in [6.45, 7) is 0.963. The maximum atomic E-state index is 12.4. The number of ether oxygens (including phenoxy) is 1. The second kappa shape index (κ2) is 6.89. The highest BCUT2D eigenvalue weighted by atomic mass is 16.6. The Morgan fingerprint density at radius 1 is 1.18 bits per heavy atom. The fourth-order valence-electron chi connectivity index (χ4n) is 2.49. The van der Waals surface area contributed by atoms with Gasteiger partial charge in [0.05, 0.1) is 5.70 Å². The van der Waals surface area contributed by atoms with Gasteiger partial charge in [-0.3, -0.25) is 9.88 Å². The molecule has 1 aromatic carbocycles. The number of allylic oxidation sites excluding steroid dienone is 1. The van der Waals surface area contributed by atoms with Crippen LogP contribution in [0.5, 0.6) is 0 Å². The molecule has 0 saturated heterocycles. The average molecular weight is 294 g/mol. The molecule has 1 amide bonds. The van der Waals surface area contributed by atoms with Crippen LogP contribution in [0.2, 0.25) is 0 Å². The Labute approximate surface area is 130 Å². The van der Waals surface area contributed by atoms with Crippen molar-refractivity contribution in [3.63, 3.8) is 0 Å². The highest BCUT2D eigenvalue weighted by molar-refractivity contribution is 5.82. The van der Waals surface area contributed by atoms with Gasteiger partial charge in [0.25, 0.3) is 0 Å². The van der Waals surface area contributed by atoms with Crippen molar-refractivity contribution in [3.05, 3.63) is 72.1 Å². The Kier molecular flexibility index (Phi) is 4.49. The molecule has 0 fully saturated rings. The van der Waals surface area contributed by atoms with Gasteiger partial charge in [-0.05, 0) is 30.5 Å². The zero-order valence-corrected chi connectivity index (χ0v) is 12.3. The van der Waals surface area contributed by atoms with Crippen LogP contribution in [0.3, 0.4) is 0 Å². The van der Waals surface area contributed by atoms with Gasteiger partial charge in [0.2, 0.25) is 0 Å². The van der Waals surface area contributed by atoms with Crippen molar-refractivity contribution < 1.29 is 9.53 Å². The highest BCUT2D eigenvalue weighted by Gasteiger charge is 2.23. The van der Waals surface area contributed by atoms with Crippen LogP contribution in [0.4, 0.5) is 4.79 Å². The fraction of sp³-hybridized carbons (Fsp3) is 0.222. The molecule has 1 aliphatic rings. The van der Waals surface area contributed by atoms with Crippen LogP contribution in [0.25, 0.3) is 5.70 Å². The number of amides is 1. The highest BCUT2D eigenvalue weighted by Crippen LogP contribution is 2.25. The minimum Gasteiger partial charge on any atom is -0.444 e. The third kappa shape index (κ3) is 3.34. The lowest BCUT2D eigenvalue weighted by Gasteiger charge is -2.28. The number of carbonyl (C=O) groups excluding carboxylic acids is 1. The van der Waals surface area contributed by atoms with Crippen LogP contribution in [0.1, 0.15) is 24.0 Å². The third-order valence-corrected chi connectivity index (χ3v) is 3.60. The van der Waals surface area contributed by atoms with E-state index in [-0.39, 0.29) is 12.7 Å². The summed E-state index contributed by atoms with van der Waals surface area (Å²) in [7, 11) is 0. The van der Waals surface area contributed by atoms with E-state index in [0.29, 0.717) is 6.54 Å². The number of nitrogens with zero attached hydrogens (tertiary/aromatic N) is 2. The van der Waals surface area contributed by atoms with E-state index in [1.807, 2.05) is 42.5 Å². The van der Waals surface area contributed by atoms with Crippen LogP contribution in [0.15, 0.2) is 60.9 Å². The molecule has 112 valence electrons. The first kappa shape index (κ1) is 14.3. The molecular formula is C18H18N2O2. The van der Waals surface area contributed by atoms with Crippen molar-refractivity contribution in [3.8, 4) is 0 Å². The molecule has 2 aromatic rings. The molecule has 4 nitrogen and oxygen atoms in total. The maximum Gasteiger partial charge on any atom is 0.414 e. The largest absolute Gasteiger partial charge is 0.444 e. The SMILES string of the molecule is O=C(OCc1ccccc1)N1CCCC=C1c1cccnc1. The van der Waals surface area contributed by atoms with Crippen LogP contribution >= 0.6 is 0 Å². The number of hydrogen-bond donors (Lipinski definition) is 0. The van der Waals surface area contributed by atoms with Crippen LogP contribution < -0.4 is 0 Å². The average Bonchev–Trinajstić information content (AvgIpc) is 2.61. The molecule has 0 aliphatic carbocycles. The number of pyridine rings is 1. The summed E-state index contributed by atoms with van der Waals surface area (Å²) in [5, 5.41) is 0. The number of hydrogen-bond acceptors (Lipinski definition) is 3. The van der Waals surface area contributed by atoms with Crippen molar-refractivity contribution in [1.29, 1.82) is 0 Å². The molecule has 0 bridgehead atoms. The minimum atomic E-state index is -0.307. The van der Waals surface area contributed by atoms with Crippen molar-refractivity contribution in [2.45, 2.75) is 19.4 Å². The first-order valence-electron chi connectivity index (χ1n) is 7.43. The predicted octanol–water partition coefficient (Wildman–Crippen LogP) is 3.86. The maximum absolute atomic E-state index is 12.4. The summed E-state index contributed by atoms with van der Waals surface area (Å²) in [6, 6.07) is 13.5. The summed E-state index contributed by atoms with van der Waals surface area (Å²) >= 11 is 0. The summed E-state index contributed by atoms with van der Waals surface area (Å²) in [5.74, 6) is 0. The number of carbonyl (C=O) groups is 1. The predicted molar refractivity (Wildman–Crippen MR) is 84.8 cm³/mol. The molecule has 0 atom stereocenters. The molecule has 0 N–H and O–H groups in total. The molecule has 0 radical (unpaired) electrons. The van der Waals surface area contributed by atoms with Gasteiger partial charge in [-0.2, -0.15) is 0 Å². The van der Waals surface area contributed by atoms with Gasteiger partial charge in [0.1, 0.15) is 6.61 Å². The van der Waals surface area contributed by atoms with Gasteiger partial charge in [-0.25, -0.2) is 4.79 Å². The first-order valence-corrected chi connectivity index (χ1v) is 7.43. The van der Waals surface area contributed by atoms with E-state index >= 15 is 0 Å². The Bertz CT molecular complexity index is 653. The Morgan fingerprint density at radius 2 is 2.05 bits per heavy atom. The van der Waals surface area contributed by atoms with E-state index in [9.17, 15) is 4.79 Å². The van der Waals surface area contributed by atoms with E-state index < -0.39 is 0 Å². The van der Waals surface area contributed by atoms with Crippen molar-refractivity contribution in [2.75, 3.05) is 6.54 Å². The number of rotatable bonds is 3. The standard InChI is InChI=1S/C18H18N2O2/c21-18(22-14-15-7-2-1-3-8-15)20-12-5-4-10-17(20)16-9-6-11-19-13-16/h1-3,6-11,13H,4-5,12,14H2. The summed E-state index contributed by atoms with van der Waals surface area (Å²) in [4.78, 5) is 18.2. The lowest BCUT2D eigenvalue weighted by atomic mass is 10.1.